The van der Waals surface area contributed by atoms with Crippen molar-refractivity contribution in [3.63, 3.8) is 0 Å². The number of rotatable bonds is 7. The Morgan fingerprint density at radius 1 is 1.25 bits per heavy atom. The average Bonchev–Trinajstić information content (AvgIpc) is 3.28. The van der Waals surface area contributed by atoms with Crippen molar-refractivity contribution >= 4 is 5.96 Å². The maximum Gasteiger partial charge on any atom is 0.191 e. The lowest BCUT2D eigenvalue weighted by Gasteiger charge is -2.18. The summed E-state index contributed by atoms with van der Waals surface area (Å²) in [5.41, 5.74) is 1.35. The molecule has 0 amide bonds. The minimum Gasteiger partial charge on any atom is -0.356 e. The monoisotopic (exact) mass is 274 g/mol. The molecule has 1 aromatic carbocycles. The molecule has 0 spiro atoms. The van der Waals surface area contributed by atoms with Gasteiger partial charge in [-0.2, -0.15) is 0 Å². The molecule has 0 atom stereocenters. The van der Waals surface area contributed by atoms with Crippen LogP contribution in [0.5, 0.6) is 0 Å². The van der Waals surface area contributed by atoms with E-state index >= 15 is 0 Å². The van der Waals surface area contributed by atoms with Crippen LogP contribution in [0.25, 0.3) is 0 Å². The quantitative estimate of drug-likeness (QED) is 0.587. The third kappa shape index (κ3) is 5.61. The van der Waals surface area contributed by atoms with E-state index in [9.17, 15) is 0 Å². The molecule has 1 aliphatic carbocycles. The highest BCUT2D eigenvalue weighted by Gasteiger charge is 2.20. The highest BCUT2D eigenvalue weighted by molar-refractivity contribution is 5.79. The molecule has 4 heteroatoms. The molecule has 2 N–H and O–H groups in total. The van der Waals surface area contributed by atoms with Gasteiger partial charge in [0.1, 0.15) is 0 Å². The number of aliphatic imine (C=N–C) groups is 1. The van der Waals surface area contributed by atoms with Gasteiger partial charge in [0.2, 0.25) is 0 Å². The van der Waals surface area contributed by atoms with E-state index in [0.717, 1.165) is 38.1 Å². The summed E-state index contributed by atoms with van der Waals surface area (Å²) in [6.45, 7) is 3.95. The van der Waals surface area contributed by atoms with Gasteiger partial charge in [-0.15, -0.1) is 0 Å². The van der Waals surface area contributed by atoms with Gasteiger partial charge in [0.05, 0.1) is 0 Å². The van der Waals surface area contributed by atoms with Crippen molar-refractivity contribution in [1.29, 1.82) is 0 Å². The molecule has 0 aliphatic heterocycles. The van der Waals surface area contributed by atoms with Crippen molar-refractivity contribution in [2.24, 2.45) is 10.9 Å². The molecule has 1 aromatic rings. The minimum absolute atomic E-state index is 0.870. The molecule has 0 saturated heterocycles. The highest BCUT2D eigenvalue weighted by Crippen LogP contribution is 2.27. The highest BCUT2D eigenvalue weighted by atomic mass is 15.2. The van der Waals surface area contributed by atoms with Crippen LogP contribution in [-0.4, -0.2) is 44.6 Å². The summed E-state index contributed by atoms with van der Waals surface area (Å²) in [5, 5.41) is 6.74. The molecular formula is C16H26N4. The SMILES string of the molecule is CN=C(NCCN(C)Cc1ccccc1)NCC1CC1. The number of nitrogens with zero attached hydrogens (tertiary/aromatic N) is 2. The summed E-state index contributed by atoms with van der Waals surface area (Å²) in [5.74, 6) is 1.79. The maximum atomic E-state index is 4.24. The average molecular weight is 274 g/mol. The molecule has 4 nitrogen and oxygen atoms in total. The second kappa shape index (κ2) is 7.90. The third-order valence-corrected chi connectivity index (χ3v) is 3.56. The Labute approximate surface area is 122 Å². The van der Waals surface area contributed by atoms with Crippen molar-refractivity contribution in [3.05, 3.63) is 35.9 Å². The topological polar surface area (TPSA) is 39.7 Å². The van der Waals surface area contributed by atoms with Crippen molar-refractivity contribution in [3.8, 4) is 0 Å². The summed E-state index contributed by atoms with van der Waals surface area (Å²) in [4.78, 5) is 6.56. The summed E-state index contributed by atoms with van der Waals surface area (Å²) < 4.78 is 0. The molecule has 0 radical (unpaired) electrons. The minimum atomic E-state index is 0.870. The van der Waals surface area contributed by atoms with Crippen LogP contribution in [0.3, 0.4) is 0 Å². The number of hydrogen-bond acceptors (Lipinski definition) is 2. The molecular weight excluding hydrogens is 248 g/mol. The smallest absolute Gasteiger partial charge is 0.191 e. The fraction of sp³-hybridized carbons (Fsp3) is 0.562. The first-order valence-corrected chi connectivity index (χ1v) is 7.45. The summed E-state index contributed by atoms with van der Waals surface area (Å²) in [6.07, 6.45) is 2.73. The zero-order valence-corrected chi connectivity index (χ0v) is 12.6. The Bertz CT molecular complexity index is 412. The summed E-state index contributed by atoms with van der Waals surface area (Å²) in [6, 6.07) is 10.6. The number of hydrogen-bond donors (Lipinski definition) is 2. The Morgan fingerprint density at radius 3 is 2.65 bits per heavy atom. The lowest BCUT2D eigenvalue weighted by atomic mass is 10.2. The van der Waals surface area contributed by atoms with Crippen molar-refractivity contribution < 1.29 is 0 Å². The first-order valence-electron chi connectivity index (χ1n) is 7.45. The van der Waals surface area contributed by atoms with E-state index in [0.29, 0.717) is 0 Å². The van der Waals surface area contributed by atoms with Crippen LogP contribution in [0.15, 0.2) is 35.3 Å². The molecule has 110 valence electrons. The lowest BCUT2D eigenvalue weighted by Crippen LogP contribution is -2.41. The van der Waals surface area contributed by atoms with Crippen LogP contribution in [-0.2, 0) is 6.54 Å². The number of benzene rings is 1. The Kier molecular flexibility index (Phi) is 5.87. The number of nitrogens with one attached hydrogen (secondary N) is 2. The van der Waals surface area contributed by atoms with Gasteiger partial charge in [-0.1, -0.05) is 30.3 Å². The van der Waals surface area contributed by atoms with Crippen molar-refractivity contribution in [2.75, 3.05) is 33.7 Å². The standard InChI is InChI=1S/C16H26N4/c1-17-16(19-12-14-8-9-14)18-10-11-20(2)13-15-6-4-3-5-7-15/h3-7,14H,8-13H2,1-2H3,(H2,17,18,19). The Hall–Kier alpha value is -1.55. The van der Waals surface area contributed by atoms with Gasteiger partial charge in [-0.25, -0.2) is 0 Å². The van der Waals surface area contributed by atoms with E-state index in [4.69, 9.17) is 0 Å². The molecule has 1 fully saturated rings. The van der Waals surface area contributed by atoms with Crippen LogP contribution in [0.1, 0.15) is 18.4 Å². The molecule has 0 unspecified atom stereocenters. The van der Waals surface area contributed by atoms with Crippen LogP contribution < -0.4 is 10.6 Å². The van der Waals surface area contributed by atoms with Gasteiger partial charge in [-0.05, 0) is 31.4 Å². The van der Waals surface area contributed by atoms with Gasteiger partial charge in [0, 0.05) is 33.2 Å². The predicted molar refractivity (Wildman–Crippen MR) is 84.9 cm³/mol. The Morgan fingerprint density at radius 2 is 2.00 bits per heavy atom. The number of guanidine groups is 1. The molecule has 1 aliphatic rings. The Balaban J connectivity index is 1.61. The van der Waals surface area contributed by atoms with Gasteiger partial charge >= 0.3 is 0 Å². The van der Waals surface area contributed by atoms with Crippen molar-refractivity contribution in [2.45, 2.75) is 19.4 Å². The molecule has 1 saturated carbocycles. The molecule has 0 bridgehead atoms. The maximum absolute atomic E-state index is 4.24. The summed E-state index contributed by atoms with van der Waals surface area (Å²) >= 11 is 0. The van der Waals surface area contributed by atoms with Gasteiger partial charge < -0.3 is 15.5 Å². The number of likely N-dealkylation sites (N-methyl/N-ethyl adjacent to an activating group) is 1. The van der Waals surface area contributed by atoms with E-state index in [2.05, 4.69) is 57.9 Å². The second-order valence-corrected chi connectivity index (χ2v) is 5.55. The van der Waals surface area contributed by atoms with E-state index in [1.54, 1.807) is 0 Å². The second-order valence-electron chi connectivity index (χ2n) is 5.55. The van der Waals surface area contributed by atoms with Crippen LogP contribution >= 0.6 is 0 Å². The van der Waals surface area contributed by atoms with Gasteiger partial charge in [0.15, 0.2) is 5.96 Å². The zero-order chi connectivity index (χ0) is 14.2. The van der Waals surface area contributed by atoms with Crippen LogP contribution in [0, 0.1) is 5.92 Å². The summed E-state index contributed by atoms with van der Waals surface area (Å²) in [7, 11) is 3.98. The largest absolute Gasteiger partial charge is 0.356 e. The molecule has 20 heavy (non-hydrogen) atoms. The first-order chi connectivity index (χ1) is 9.78. The van der Waals surface area contributed by atoms with Crippen LogP contribution in [0.2, 0.25) is 0 Å². The van der Waals surface area contributed by atoms with E-state index in [1.165, 1.54) is 18.4 Å². The van der Waals surface area contributed by atoms with Gasteiger partial charge in [-0.3, -0.25) is 4.99 Å². The van der Waals surface area contributed by atoms with Crippen LogP contribution in [0.4, 0.5) is 0 Å². The normalized spacial score (nSPS) is 15.4. The fourth-order valence-corrected chi connectivity index (χ4v) is 2.12. The zero-order valence-electron chi connectivity index (χ0n) is 12.6. The molecule has 0 aromatic heterocycles. The molecule has 2 rings (SSSR count). The van der Waals surface area contributed by atoms with Crippen molar-refractivity contribution in [1.82, 2.24) is 15.5 Å². The first kappa shape index (κ1) is 14.9. The van der Waals surface area contributed by atoms with E-state index < -0.39 is 0 Å². The third-order valence-electron chi connectivity index (χ3n) is 3.56. The van der Waals surface area contributed by atoms with Gasteiger partial charge in [0.25, 0.3) is 0 Å². The van der Waals surface area contributed by atoms with E-state index in [1.807, 2.05) is 7.05 Å². The predicted octanol–water partition coefficient (Wildman–Crippen LogP) is 1.69. The lowest BCUT2D eigenvalue weighted by molar-refractivity contribution is 0.331. The molecule has 0 heterocycles. The fourth-order valence-electron chi connectivity index (χ4n) is 2.12. The van der Waals surface area contributed by atoms with E-state index in [-0.39, 0.29) is 0 Å².